The van der Waals surface area contributed by atoms with Gasteiger partial charge in [-0.1, -0.05) is 291 Å². The van der Waals surface area contributed by atoms with Gasteiger partial charge in [-0.2, -0.15) is 0 Å². The highest BCUT2D eigenvalue weighted by molar-refractivity contribution is 7.47. The number of ether oxygens (including phenoxy) is 4. The zero-order chi connectivity index (χ0) is 62.6. The van der Waals surface area contributed by atoms with Crippen LogP contribution in [0.3, 0.4) is 0 Å². The fraction of sp³-hybridized carbons (Fsp3) is 0.939. The van der Waals surface area contributed by atoms with Gasteiger partial charge in [-0.25, -0.2) is 9.13 Å². The van der Waals surface area contributed by atoms with Crippen molar-refractivity contribution in [2.75, 3.05) is 39.6 Å². The van der Waals surface area contributed by atoms with E-state index in [1.54, 1.807) is 0 Å². The van der Waals surface area contributed by atoms with Gasteiger partial charge in [-0.15, -0.1) is 0 Å². The van der Waals surface area contributed by atoms with E-state index in [-0.39, 0.29) is 25.7 Å². The molecule has 0 bridgehead atoms. The first-order valence-corrected chi connectivity index (χ1v) is 37.8. The Balaban J connectivity index is 5.08. The molecule has 2 unspecified atom stereocenters. The van der Waals surface area contributed by atoms with Gasteiger partial charge in [-0.05, 0) is 25.7 Å². The molecule has 0 aliphatic heterocycles. The van der Waals surface area contributed by atoms with E-state index in [9.17, 15) is 43.2 Å². The first-order chi connectivity index (χ1) is 41.2. The van der Waals surface area contributed by atoms with E-state index in [1.165, 1.54) is 167 Å². The number of carbonyl (C=O) groups is 4. The Bertz CT molecular complexity index is 1640. The summed E-state index contributed by atoms with van der Waals surface area (Å²) in [6.45, 7) is 4.84. The SMILES string of the molecule is CCCCCCCCCCCCCCCCCC(=O)OC[C@H](COP(=O)(O)OC[C@@H](O)COP(=O)(O)OC[C@@H](COC(=O)CCCCCCCCCCCCCCCCC)OC(=O)CCCCCCCCCCC)OC(=O)CCCCCCCC. The highest BCUT2D eigenvalue weighted by Gasteiger charge is 2.30. The van der Waals surface area contributed by atoms with Crippen LogP contribution in [-0.4, -0.2) is 96.7 Å². The monoisotopic (exact) mass is 1250 g/mol. The van der Waals surface area contributed by atoms with Gasteiger partial charge in [0.2, 0.25) is 0 Å². The Hall–Kier alpha value is -1.94. The molecular weight excluding hydrogens is 1130 g/mol. The number of rotatable bonds is 67. The lowest BCUT2D eigenvalue weighted by molar-refractivity contribution is -0.161. The Morgan fingerprint density at radius 2 is 0.471 bits per heavy atom. The zero-order valence-electron chi connectivity index (χ0n) is 54.6. The fourth-order valence-corrected chi connectivity index (χ4v) is 11.6. The number of phosphoric acid groups is 2. The summed E-state index contributed by atoms with van der Waals surface area (Å²) in [5.41, 5.74) is 0. The highest BCUT2D eigenvalue weighted by Crippen LogP contribution is 2.45. The number of esters is 4. The van der Waals surface area contributed by atoms with Crippen molar-refractivity contribution in [3.05, 3.63) is 0 Å². The summed E-state index contributed by atoms with van der Waals surface area (Å²) in [5.74, 6) is -2.13. The lowest BCUT2D eigenvalue weighted by Gasteiger charge is -2.21. The van der Waals surface area contributed by atoms with Crippen LogP contribution in [0, 0.1) is 0 Å². The molecule has 0 aromatic carbocycles. The van der Waals surface area contributed by atoms with Crippen LogP contribution in [0.15, 0.2) is 0 Å². The summed E-state index contributed by atoms with van der Waals surface area (Å²) in [7, 11) is -9.88. The van der Waals surface area contributed by atoms with Crippen molar-refractivity contribution < 1.29 is 80.2 Å². The normalized spacial score (nSPS) is 14.1. The van der Waals surface area contributed by atoms with E-state index in [4.69, 9.17) is 37.0 Å². The summed E-state index contributed by atoms with van der Waals surface area (Å²) in [5, 5.41) is 10.5. The second-order valence-corrected chi connectivity index (χ2v) is 26.8. The largest absolute Gasteiger partial charge is 0.472 e. The van der Waals surface area contributed by atoms with Crippen LogP contribution in [0.5, 0.6) is 0 Å². The van der Waals surface area contributed by atoms with E-state index >= 15 is 0 Å². The predicted octanol–water partition coefficient (Wildman–Crippen LogP) is 18.7. The zero-order valence-corrected chi connectivity index (χ0v) is 56.4. The molecule has 0 amide bonds. The Kier molecular flexibility index (Phi) is 59.6. The molecule has 0 saturated carbocycles. The number of aliphatic hydroxyl groups excluding tert-OH is 1. The van der Waals surface area contributed by atoms with Crippen molar-refractivity contribution in [3.8, 4) is 0 Å². The maximum absolute atomic E-state index is 13.0. The molecule has 5 atom stereocenters. The van der Waals surface area contributed by atoms with E-state index in [1.807, 2.05) is 0 Å². The van der Waals surface area contributed by atoms with E-state index in [0.29, 0.717) is 25.7 Å². The van der Waals surface area contributed by atoms with Crippen LogP contribution in [0.2, 0.25) is 0 Å². The van der Waals surface area contributed by atoms with Crippen LogP contribution in [0.1, 0.15) is 342 Å². The minimum absolute atomic E-state index is 0.103. The standard InChI is InChI=1S/C66H128O17P2/c1-5-9-13-17-21-24-26-28-30-32-34-37-39-43-46-50-63(68)76-56-61(82-65(70)52-48-42-20-16-12-8-4)58-80-84(72,73)78-54-60(67)55-79-85(74,75)81-59-62(83-66(71)53-49-45-41-36-23-19-15-11-7-3)57-77-64(69)51-47-44-40-38-35-33-31-29-27-25-22-18-14-10-6-2/h60-62,67H,5-59H2,1-4H3,(H,72,73)(H,74,75)/t60-,61-,62-/m1/s1. The average molecular weight is 1260 g/mol. The fourth-order valence-electron chi connectivity index (χ4n) is 9.99. The number of hydrogen-bond donors (Lipinski definition) is 3. The smallest absolute Gasteiger partial charge is 0.462 e. The Morgan fingerprint density at radius 3 is 0.694 bits per heavy atom. The van der Waals surface area contributed by atoms with Gasteiger partial charge in [0.05, 0.1) is 26.4 Å². The maximum Gasteiger partial charge on any atom is 0.472 e. The predicted molar refractivity (Wildman–Crippen MR) is 340 cm³/mol. The quantitative estimate of drug-likeness (QED) is 0.0222. The molecule has 0 rings (SSSR count). The molecule has 0 aromatic rings. The van der Waals surface area contributed by atoms with Crippen molar-refractivity contribution >= 4 is 39.5 Å². The molecule has 504 valence electrons. The topological polar surface area (TPSA) is 237 Å². The van der Waals surface area contributed by atoms with Gasteiger partial charge in [-0.3, -0.25) is 37.3 Å². The van der Waals surface area contributed by atoms with Crippen LogP contribution in [0.4, 0.5) is 0 Å². The van der Waals surface area contributed by atoms with E-state index < -0.39 is 97.5 Å². The summed E-state index contributed by atoms with van der Waals surface area (Å²) >= 11 is 0. The molecular formula is C66H128O17P2. The maximum atomic E-state index is 13.0. The molecule has 0 spiro atoms. The highest BCUT2D eigenvalue weighted by atomic mass is 31.2. The van der Waals surface area contributed by atoms with Gasteiger partial charge in [0.1, 0.15) is 19.3 Å². The Morgan fingerprint density at radius 1 is 0.282 bits per heavy atom. The van der Waals surface area contributed by atoms with E-state index in [2.05, 4.69) is 27.7 Å². The summed E-state index contributed by atoms with van der Waals surface area (Å²) in [6.07, 6.45) is 47.4. The van der Waals surface area contributed by atoms with Crippen molar-refractivity contribution in [1.82, 2.24) is 0 Å². The van der Waals surface area contributed by atoms with Crippen LogP contribution < -0.4 is 0 Å². The van der Waals surface area contributed by atoms with Gasteiger partial charge in [0.15, 0.2) is 12.2 Å². The first kappa shape index (κ1) is 83.1. The molecule has 0 radical (unpaired) electrons. The molecule has 17 nitrogen and oxygen atoms in total. The summed E-state index contributed by atoms with van der Waals surface area (Å²) in [4.78, 5) is 72.1. The number of aliphatic hydroxyl groups is 1. The molecule has 3 N–H and O–H groups in total. The third-order valence-corrected chi connectivity index (χ3v) is 17.3. The molecule has 0 aliphatic carbocycles. The van der Waals surface area contributed by atoms with Crippen LogP contribution in [-0.2, 0) is 65.4 Å². The van der Waals surface area contributed by atoms with Crippen molar-refractivity contribution in [2.45, 2.75) is 361 Å². The first-order valence-electron chi connectivity index (χ1n) is 34.8. The third-order valence-electron chi connectivity index (χ3n) is 15.4. The number of phosphoric ester groups is 2. The average Bonchev–Trinajstić information content (AvgIpc) is 3.58. The van der Waals surface area contributed by atoms with Gasteiger partial charge >= 0.3 is 39.5 Å². The van der Waals surface area contributed by atoms with Gasteiger partial charge in [0, 0.05) is 25.7 Å². The molecule has 0 saturated heterocycles. The molecule has 0 aliphatic rings. The van der Waals surface area contributed by atoms with Crippen molar-refractivity contribution in [3.63, 3.8) is 0 Å². The molecule has 0 heterocycles. The second kappa shape index (κ2) is 60.9. The lowest BCUT2D eigenvalue weighted by Crippen LogP contribution is -2.30. The minimum atomic E-state index is -4.94. The number of unbranched alkanes of at least 4 members (excludes halogenated alkanes) is 41. The molecule has 0 fully saturated rings. The van der Waals surface area contributed by atoms with E-state index in [0.717, 1.165) is 96.3 Å². The number of carbonyl (C=O) groups excluding carboxylic acids is 4. The second-order valence-electron chi connectivity index (χ2n) is 23.9. The lowest BCUT2D eigenvalue weighted by atomic mass is 10.0. The summed E-state index contributed by atoms with van der Waals surface area (Å²) in [6, 6.07) is 0. The summed E-state index contributed by atoms with van der Waals surface area (Å²) < 4.78 is 67.9. The van der Waals surface area contributed by atoms with Crippen molar-refractivity contribution in [2.24, 2.45) is 0 Å². The third kappa shape index (κ3) is 60.7. The molecule has 85 heavy (non-hydrogen) atoms. The van der Waals surface area contributed by atoms with Crippen LogP contribution >= 0.6 is 15.6 Å². The van der Waals surface area contributed by atoms with Gasteiger partial charge < -0.3 is 33.8 Å². The van der Waals surface area contributed by atoms with Crippen molar-refractivity contribution in [1.29, 1.82) is 0 Å². The molecule has 19 heteroatoms. The molecule has 0 aromatic heterocycles. The number of hydrogen-bond acceptors (Lipinski definition) is 15. The van der Waals surface area contributed by atoms with Gasteiger partial charge in [0.25, 0.3) is 0 Å². The van der Waals surface area contributed by atoms with Crippen LogP contribution in [0.25, 0.3) is 0 Å². The minimum Gasteiger partial charge on any atom is -0.462 e. The Labute approximate surface area is 517 Å².